The number of aliphatic hydroxyl groups excluding tert-OH is 2. The van der Waals surface area contributed by atoms with Gasteiger partial charge in [0.05, 0.1) is 13.2 Å². The first-order chi connectivity index (χ1) is 9.80. The van der Waals surface area contributed by atoms with Crippen molar-refractivity contribution in [2.75, 3.05) is 5.32 Å². The molecule has 0 amide bonds. The number of nitrogens with zero attached hydrogens (tertiary/aromatic N) is 3. The molecule has 102 valence electrons. The Morgan fingerprint density at radius 3 is 2.65 bits per heavy atom. The van der Waals surface area contributed by atoms with Crippen LogP contribution in [0.25, 0.3) is 5.65 Å². The van der Waals surface area contributed by atoms with E-state index in [0.717, 1.165) is 11.3 Å². The second-order valence-corrected chi connectivity index (χ2v) is 4.36. The standard InChI is InChI=1S/C14H14N4O2/c19-8-10-4-5-12(7-11(10)9-20)15-14-16-13-3-1-2-6-18(13)17-14/h1-7,19-20H,8-9H2,(H,15,17). The summed E-state index contributed by atoms with van der Waals surface area (Å²) in [5.74, 6) is 0.483. The van der Waals surface area contributed by atoms with E-state index in [-0.39, 0.29) is 13.2 Å². The van der Waals surface area contributed by atoms with E-state index in [0.29, 0.717) is 17.1 Å². The number of fused-ring (bicyclic) bond motifs is 1. The second-order valence-electron chi connectivity index (χ2n) is 4.36. The molecule has 0 saturated carbocycles. The number of hydrogen-bond donors (Lipinski definition) is 3. The van der Waals surface area contributed by atoms with E-state index >= 15 is 0 Å². The smallest absolute Gasteiger partial charge is 0.247 e. The molecule has 0 aliphatic rings. The van der Waals surface area contributed by atoms with Crippen molar-refractivity contribution in [2.45, 2.75) is 13.2 Å². The van der Waals surface area contributed by atoms with Crippen LogP contribution < -0.4 is 5.32 Å². The van der Waals surface area contributed by atoms with Crippen molar-refractivity contribution in [1.29, 1.82) is 0 Å². The molecule has 0 aliphatic heterocycles. The van der Waals surface area contributed by atoms with E-state index in [2.05, 4.69) is 15.4 Å². The van der Waals surface area contributed by atoms with E-state index in [1.54, 1.807) is 16.6 Å². The van der Waals surface area contributed by atoms with Gasteiger partial charge in [-0.15, -0.1) is 5.10 Å². The van der Waals surface area contributed by atoms with Gasteiger partial charge in [-0.25, -0.2) is 4.52 Å². The molecule has 0 radical (unpaired) electrons. The third kappa shape index (κ3) is 2.34. The van der Waals surface area contributed by atoms with Gasteiger partial charge in [-0.05, 0) is 35.4 Å². The minimum atomic E-state index is -0.121. The van der Waals surface area contributed by atoms with Crippen LogP contribution in [0.15, 0.2) is 42.6 Å². The number of benzene rings is 1. The Morgan fingerprint density at radius 2 is 1.90 bits per heavy atom. The predicted molar refractivity (Wildman–Crippen MR) is 74.6 cm³/mol. The number of rotatable bonds is 4. The zero-order valence-electron chi connectivity index (χ0n) is 10.7. The highest BCUT2D eigenvalue weighted by Crippen LogP contribution is 2.19. The van der Waals surface area contributed by atoms with Crippen LogP contribution in [0, 0.1) is 0 Å². The molecule has 3 aromatic rings. The van der Waals surface area contributed by atoms with Crippen molar-refractivity contribution in [3.8, 4) is 0 Å². The first kappa shape index (κ1) is 12.6. The summed E-state index contributed by atoms with van der Waals surface area (Å²) in [6.45, 7) is -0.215. The maximum Gasteiger partial charge on any atom is 0.247 e. The molecular weight excluding hydrogens is 256 g/mol. The molecule has 0 fully saturated rings. The van der Waals surface area contributed by atoms with E-state index in [9.17, 15) is 5.11 Å². The summed E-state index contributed by atoms with van der Waals surface area (Å²) in [4.78, 5) is 4.33. The molecule has 6 nitrogen and oxygen atoms in total. The van der Waals surface area contributed by atoms with Crippen molar-refractivity contribution in [3.63, 3.8) is 0 Å². The molecule has 20 heavy (non-hydrogen) atoms. The van der Waals surface area contributed by atoms with Gasteiger partial charge in [-0.1, -0.05) is 12.1 Å². The Kier molecular flexibility index (Phi) is 3.32. The van der Waals surface area contributed by atoms with Gasteiger partial charge in [0.1, 0.15) is 0 Å². The average Bonchev–Trinajstić information content (AvgIpc) is 2.89. The van der Waals surface area contributed by atoms with Crippen LogP contribution in [0.2, 0.25) is 0 Å². The van der Waals surface area contributed by atoms with Gasteiger partial charge in [-0.2, -0.15) is 4.98 Å². The van der Waals surface area contributed by atoms with E-state index in [4.69, 9.17) is 5.11 Å². The fourth-order valence-corrected chi connectivity index (χ4v) is 2.02. The van der Waals surface area contributed by atoms with Gasteiger partial charge < -0.3 is 15.5 Å². The number of nitrogens with one attached hydrogen (secondary N) is 1. The summed E-state index contributed by atoms with van der Waals surface area (Å²) in [6, 6.07) is 11.0. The monoisotopic (exact) mass is 270 g/mol. The van der Waals surface area contributed by atoms with E-state index in [1.807, 2.05) is 30.5 Å². The lowest BCUT2D eigenvalue weighted by molar-refractivity contribution is 0.260. The highest BCUT2D eigenvalue weighted by atomic mass is 16.3. The van der Waals surface area contributed by atoms with Crippen molar-refractivity contribution in [2.24, 2.45) is 0 Å². The maximum atomic E-state index is 9.28. The third-order valence-corrected chi connectivity index (χ3v) is 3.04. The van der Waals surface area contributed by atoms with E-state index < -0.39 is 0 Å². The molecule has 0 atom stereocenters. The van der Waals surface area contributed by atoms with Crippen LogP contribution in [-0.2, 0) is 13.2 Å². The summed E-state index contributed by atoms with van der Waals surface area (Å²) < 4.78 is 1.68. The van der Waals surface area contributed by atoms with Crippen LogP contribution in [-0.4, -0.2) is 24.8 Å². The van der Waals surface area contributed by atoms with Crippen molar-refractivity contribution in [1.82, 2.24) is 14.6 Å². The molecular formula is C14H14N4O2. The molecule has 1 aromatic carbocycles. The van der Waals surface area contributed by atoms with Gasteiger partial charge in [0.25, 0.3) is 0 Å². The lowest BCUT2D eigenvalue weighted by Gasteiger charge is -2.08. The largest absolute Gasteiger partial charge is 0.392 e. The molecule has 0 aliphatic carbocycles. The fraction of sp³-hybridized carbons (Fsp3) is 0.143. The normalized spacial score (nSPS) is 10.9. The first-order valence-corrected chi connectivity index (χ1v) is 6.22. The number of aromatic nitrogens is 3. The van der Waals surface area contributed by atoms with Crippen LogP contribution in [0.3, 0.4) is 0 Å². The Morgan fingerprint density at radius 1 is 1.05 bits per heavy atom. The quantitative estimate of drug-likeness (QED) is 0.668. The summed E-state index contributed by atoms with van der Waals surface area (Å²) in [7, 11) is 0. The van der Waals surface area contributed by atoms with Gasteiger partial charge in [0.2, 0.25) is 5.95 Å². The Bertz CT molecular complexity index is 706. The minimum absolute atomic E-state index is 0.0945. The molecule has 0 spiro atoms. The molecule has 6 heteroatoms. The van der Waals surface area contributed by atoms with Gasteiger partial charge in [-0.3, -0.25) is 0 Å². The number of aliphatic hydroxyl groups is 2. The second kappa shape index (κ2) is 5.28. The molecule has 0 saturated heterocycles. The number of hydrogen-bond acceptors (Lipinski definition) is 5. The lowest BCUT2D eigenvalue weighted by atomic mass is 10.1. The predicted octanol–water partition coefficient (Wildman–Crippen LogP) is 1.46. The topological polar surface area (TPSA) is 82.7 Å². The minimum Gasteiger partial charge on any atom is -0.392 e. The Balaban J connectivity index is 1.90. The summed E-state index contributed by atoms with van der Waals surface area (Å²) in [5.41, 5.74) is 2.91. The van der Waals surface area contributed by atoms with Crippen LogP contribution >= 0.6 is 0 Å². The van der Waals surface area contributed by atoms with Crippen LogP contribution in [0.1, 0.15) is 11.1 Å². The molecule has 0 bridgehead atoms. The molecule has 3 rings (SSSR count). The average molecular weight is 270 g/mol. The number of anilines is 2. The SMILES string of the molecule is OCc1ccc(Nc2nc3ccccn3n2)cc1CO. The van der Waals surface area contributed by atoms with Crippen molar-refractivity contribution in [3.05, 3.63) is 53.7 Å². The maximum absolute atomic E-state index is 9.28. The highest BCUT2D eigenvalue weighted by molar-refractivity contribution is 5.57. The van der Waals surface area contributed by atoms with Gasteiger partial charge in [0.15, 0.2) is 5.65 Å². The highest BCUT2D eigenvalue weighted by Gasteiger charge is 2.06. The third-order valence-electron chi connectivity index (χ3n) is 3.04. The van der Waals surface area contributed by atoms with Crippen molar-refractivity contribution >= 4 is 17.3 Å². The Hall–Kier alpha value is -2.44. The van der Waals surface area contributed by atoms with Gasteiger partial charge >= 0.3 is 0 Å². The number of pyridine rings is 1. The first-order valence-electron chi connectivity index (χ1n) is 6.22. The Labute approximate surface area is 115 Å². The fourth-order valence-electron chi connectivity index (χ4n) is 2.02. The van der Waals surface area contributed by atoms with Crippen molar-refractivity contribution < 1.29 is 10.2 Å². The zero-order valence-corrected chi connectivity index (χ0v) is 10.7. The summed E-state index contributed by atoms with van der Waals surface area (Å²) >= 11 is 0. The van der Waals surface area contributed by atoms with Crippen LogP contribution in [0.5, 0.6) is 0 Å². The molecule has 2 heterocycles. The van der Waals surface area contributed by atoms with E-state index in [1.165, 1.54) is 0 Å². The van der Waals surface area contributed by atoms with Crippen LogP contribution in [0.4, 0.5) is 11.6 Å². The molecule has 3 N–H and O–H groups in total. The summed E-state index contributed by atoms with van der Waals surface area (Å²) in [6.07, 6.45) is 1.82. The molecule has 2 aromatic heterocycles. The molecule has 0 unspecified atom stereocenters. The summed E-state index contributed by atoms with van der Waals surface area (Å²) in [5, 5.41) is 25.8. The van der Waals surface area contributed by atoms with Gasteiger partial charge in [0, 0.05) is 11.9 Å². The lowest BCUT2D eigenvalue weighted by Crippen LogP contribution is -1.98. The zero-order chi connectivity index (χ0) is 13.9.